The van der Waals surface area contributed by atoms with Crippen LogP contribution in [0.4, 0.5) is 5.69 Å². The van der Waals surface area contributed by atoms with Crippen molar-refractivity contribution in [2.75, 3.05) is 0 Å². The van der Waals surface area contributed by atoms with Crippen molar-refractivity contribution in [3.8, 4) is 11.3 Å². The molecule has 1 aromatic heterocycles. The quantitative estimate of drug-likeness (QED) is 0.407. The molecule has 9 nitrogen and oxygen atoms in total. The molecule has 0 saturated carbocycles. The van der Waals surface area contributed by atoms with Gasteiger partial charge in [0.1, 0.15) is 5.69 Å². The molecule has 0 aliphatic heterocycles. The molecule has 3 rings (SSSR count). The van der Waals surface area contributed by atoms with Crippen molar-refractivity contribution in [1.82, 2.24) is 15.4 Å². The van der Waals surface area contributed by atoms with Gasteiger partial charge in [-0.15, -0.1) is 0 Å². The number of benzene rings is 2. The van der Waals surface area contributed by atoms with Gasteiger partial charge < -0.3 is 4.98 Å². The van der Waals surface area contributed by atoms with E-state index in [9.17, 15) is 19.7 Å². The van der Waals surface area contributed by atoms with Crippen LogP contribution in [0.15, 0.2) is 70.6 Å². The van der Waals surface area contributed by atoms with Crippen LogP contribution >= 0.6 is 0 Å². The number of carbonyl (C=O) groups is 1. The maximum Gasteiger partial charge on any atom is 0.346 e. The average molecular weight is 363 g/mol. The number of nitro groups is 1. The number of nitrogens with zero attached hydrogens (tertiary/aromatic N) is 3. The highest BCUT2D eigenvalue weighted by atomic mass is 16.6. The fourth-order valence-electron chi connectivity index (χ4n) is 2.24. The van der Waals surface area contributed by atoms with E-state index in [1.165, 1.54) is 36.5 Å². The summed E-state index contributed by atoms with van der Waals surface area (Å²) in [5.41, 5.74) is 3.23. The zero-order valence-corrected chi connectivity index (χ0v) is 13.8. The Balaban J connectivity index is 1.73. The molecule has 3 aromatic rings. The molecule has 2 aromatic carbocycles. The van der Waals surface area contributed by atoms with Crippen LogP contribution in [-0.4, -0.2) is 27.0 Å². The molecule has 0 atom stereocenters. The molecule has 1 heterocycles. The molecular formula is C18H13N5O4. The molecule has 0 aliphatic carbocycles. The van der Waals surface area contributed by atoms with E-state index in [0.29, 0.717) is 16.8 Å². The van der Waals surface area contributed by atoms with Crippen LogP contribution in [0.2, 0.25) is 0 Å². The van der Waals surface area contributed by atoms with Gasteiger partial charge in [-0.05, 0) is 23.8 Å². The number of aromatic nitrogens is 2. The molecule has 0 spiro atoms. The average Bonchev–Trinajstić information content (AvgIpc) is 2.68. The predicted molar refractivity (Wildman–Crippen MR) is 98.5 cm³/mol. The van der Waals surface area contributed by atoms with Gasteiger partial charge in [0, 0.05) is 17.7 Å². The van der Waals surface area contributed by atoms with E-state index in [2.05, 4.69) is 20.5 Å². The van der Waals surface area contributed by atoms with E-state index in [-0.39, 0.29) is 11.4 Å². The monoisotopic (exact) mass is 363 g/mol. The molecule has 0 saturated heterocycles. The minimum Gasteiger partial charge on any atom is -0.301 e. The number of nitro benzene ring substituents is 1. The van der Waals surface area contributed by atoms with Crippen molar-refractivity contribution in [2.45, 2.75) is 0 Å². The SMILES string of the molecule is O=C(N/N=C/c1ccc([N+](=O)[O-])cc1)c1cc(-c2ccccc2)nc(=O)[nH]1. The molecule has 27 heavy (non-hydrogen) atoms. The highest BCUT2D eigenvalue weighted by Gasteiger charge is 2.10. The first-order chi connectivity index (χ1) is 13.0. The fraction of sp³-hybridized carbons (Fsp3) is 0. The van der Waals surface area contributed by atoms with Crippen molar-refractivity contribution in [1.29, 1.82) is 0 Å². The molecule has 0 radical (unpaired) electrons. The van der Waals surface area contributed by atoms with Crippen LogP contribution in [0.1, 0.15) is 16.1 Å². The maximum absolute atomic E-state index is 12.2. The van der Waals surface area contributed by atoms with Gasteiger partial charge in [0.15, 0.2) is 0 Å². The summed E-state index contributed by atoms with van der Waals surface area (Å²) in [6.07, 6.45) is 1.33. The maximum atomic E-state index is 12.2. The summed E-state index contributed by atoms with van der Waals surface area (Å²) < 4.78 is 0. The van der Waals surface area contributed by atoms with Gasteiger partial charge in [-0.2, -0.15) is 10.1 Å². The number of carbonyl (C=O) groups excluding carboxylic acids is 1. The highest BCUT2D eigenvalue weighted by Crippen LogP contribution is 2.15. The van der Waals surface area contributed by atoms with Crippen LogP contribution in [0, 0.1) is 10.1 Å². The lowest BCUT2D eigenvalue weighted by molar-refractivity contribution is -0.384. The van der Waals surface area contributed by atoms with E-state index >= 15 is 0 Å². The zero-order valence-electron chi connectivity index (χ0n) is 13.8. The van der Waals surface area contributed by atoms with Crippen molar-refractivity contribution in [3.63, 3.8) is 0 Å². The van der Waals surface area contributed by atoms with E-state index in [1.54, 1.807) is 24.3 Å². The molecule has 0 unspecified atom stereocenters. The van der Waals surface area contributed by atoms with Crippen molar-refractivity contribution < 1.29 is 9.72 Å². The second-order valence-corrected chi connectivity index (χ2v) is 5.40. The van der Waals surface area contributed by atoms with Crippen LogP contribution in [0.5, 0.6) is 0 Å². The van der Waals surface area contributed by atoms with E-state index in [1.807, 2.05) is 6.07 Å². The number of amides is 1. The summed E-state index contributed by atoms with van der Waals surface area (Å²) in [4.78, 5) is 40.2. The molecule has 2 N–H and O–H groups in total. The van der Waals surface area contributed by atoms with Gasteiger partial charge in [0.05, 0.1) is 16.8 Å². The Morgan fingerprint density at radius 1 is 1.15 bits per heavy atom. The first-order valence-corrected chi connectivity index (χ1v) is 7.77. The summed E-state index contributed by atoms with van der Waals surface area (Å²) in [5, 5.41) is 14.4. The topological polar surface area (TPSA) is 130 Å². The van der Waals surface area contributed by atoms with Crippen molar-refractivity contribution in [2.24, 2.45) is 5.10 Å². The molecule has 0 fully saturated rings. The molecule has 0 aliphatic rings. The van der Waals surface area contributed by atoms with Gasteiger partial charge in [-0.1, -0.05) is 30.3 Å². The smallest absolute Gasteiger partial charge is 0.301 e. The minimum absolute atomic E-state index is 0.00898. The van der Waals surface area contributed by atoms with Crippen molar-refractivity contribution in [3.05, 3.63) is 92.5 Å². The van der Waals surface area contributed by atoms with Gasteiger partial charge in [-0.3, -0.25) is 14.9 Å². The normalized spacial score (nSPS) is 10.7. The Morgan fingerprint density at radius 3 is 2.52 bits per heavy atom. The Labute approximate surface area is 152 Å². The van der Waals surface area contributed by atoms with Crippen LogP contribution in [0.25, 0.3) is 11.3 Å². The second kappa shape index (κ2) is 7.83. The first kappa shape index (κ1) is 17.7. The molecule has 9 heteroatoms. The van der Waals surface area contributed by atoms with Crippen LogP contribution in [0.3, 0.4) is 0 Å². The third kappa shape index (κ3) is 4.48. The van der Waals surface area contributed by atoms with Gasteiger partial charge >= 0.3 is 5.69 Å². The first-order valence-electron chi connectivity index (χ1n) is 7.77. The fourth-order valence-corrected chi connectivity index (χ4v) is 2.24. The standard InChI is InChI=1S/C18H13N5O4/c24-17(22-19-11-12-6-8-14(9-7-12)23(26)27)16-10-15(20-18(25)21-16)13-4-2-1-3-5-13/h1-11H,(H,22,24)(H,20,21,25)/b19-11+. The Hall–Kier alpha value is -4.14. The lowest BCUT2D eigenvalue weighted by Gasteiger charge is -2.03. The Bertz CT molecular complexity index is 1060. The van der Waals surface area contributed by atoms with Crippen LogP contribution in [-0.2, 0) is 0 Å². The number of hydrogen-bond donors (Lipinski definition) is 2. The molecule has 0 bridgehead atoms. The summed E-state index contributed by atoms with van der Waals surface area (Å²) in [6, 6.07) is 16.1. The molecule has 1 amide bonds. The van der Waals surface area contributed by atoms with Crippen LogP contribution < -0.4 is 11.1 Å². The van der Waals surface area contributed by atoms with Gasteiger partial charge in [0.25, 0.3) is 11.6 Å². The van der Waals surface area contributed by atoms with E-state index in [4.69, 9.17) is 0 Å². The Morgan fingerprint density at radius 2 is 1.85 bits per heavy atom. The van der Waals surface area contributed by atoms with Crippen molar-refractivity contribution >= 4 is 17.8 Å². The number of aromatic amines is 1. The number of non-ortho nitro benzene ring substituents is 1. The number of hydrazone groups is 1. The molecular weight excluding hydrogens is 350 g/mol. The lowest BCUT2D eigenvalue weighted by atomic mass is 10.1. The third-order valence-corrected chi connectivity index (χ3v) is 3.54. The van der Waals surface area contributed by atoms with E-state index < -0.39 is 16.5 Å². The summed E-state index contributed by atoms with van der Waals surface area (Å²) >= 11 is 0. The largest absolute Gasteiger partial charge is 0.346 e. The lowest BCUT2D eigenvalue weighted by Crippen LogP contribution is -2.24. The number of H-pyrrole nitrogens is 1. The highest BCUT2D eigenvalue weighted by molar-refractivity contribution is 5.93. The zero-order chi connectivity index (χ0) is 19.2. The summed E-state index contributed by atoms with van der Waals surface area (Å²) in [7, 11) is 0. The second-order valence-electron chi connectivity index (χ2n) is 5.40. The minimum atomic E-state index is -0.652. The van der Waals surface area contributed by atoms with Gasteiger partial charge in [-0.25, -0.2) is 10.2 Å². The Kier molecular flexibility index (Phi) is 5.12. The van der Waals surface area contributed by atoms with E-state index in [0.717, 1.165) is 0 Å². The molecule has 134 valence electrons. The number of nitrogens with one attached hydrogen (secondary N) is 2. The predicted octanol–water partition coefficient (Wildman–Crippen LogP) is 2.11. The summed E-state index contributed by atoms with van der Waals surface area (Å²) in [5.74, 6) is -0.621. The third-order valence-electron chi connectivity index (χ3n) is 3.54. The summed E-state index contributed by atoms with van der Waals surface area (Å²) in [6.45, 7) is 0. The number of rotatable bonds is 5. The number of hydrogen-bond acceptors (Lipinski definition) is 6. The van der Waals surface area contributed by atoms with Gasteiger partial charge in [0.2, 0.25) is 0 Å².